The number of aliphatic hydroxyl groups is 2. The molecule has 1 aliphatic heterocycles. The summed E-state index contributed by atoms with van der Waals surface area (Å²) >= 11 is 0. The van der Waals surface area contributed by atoms with Gasteiger partial charge in [-0.25, -0.2) is 0 Å². The van der Waals surface area contributed by atoms with Gasteiger partial charge in [0.1, 0.15) is 0 Å². The molecule has 106 valence electrons. The summed E-state index contributed by atoms with van der Waals surface area (Å²) in [6.07, 6.45) is -0.410. The molecule has 4 heteroatoms. The minimum Gasteiger partial charge on any atom is -0.396 e. The van der Waals surface area contributed by atoms with Crippen LogP contribution in [0.1, 0.15) is 28.5 Å². The van der Waals surface area contributed by atoms with Crippen molar-refractivity contribution in [2.45, 2.75) is 27.1 Å². The van der Waals surface area contributed by atoms with Crippen LogP contribution in [0.15, 0.2) is 12.1 Å². The van der Waals surface area contributed by atoms with Crippen LogP contribution in [0, 0.1) is 26.2 Å². The van der Waals surface area contributed by atoms with Crippen LogP contribution in [0.25, 0.3) is 0 Å². The molecule has 0 spiro atoms. The van der Waals surface area contributed by atoms with Gasteiger partial charge in [0.15, 0.2) is 6.29 Å². The minimum atomic E-state index is -0.678. The smallest absolute Gasteiger partial charge is 0.184 e. The molecule has 0 aliphatic carbocycles. The van der Waals surface area contributed by atoms with Crippen molar-refractivity contribution in [2.75, 3.05) is 26.4 Å². The summed E-state index contributed by atoms with van der Waals surface area (Å²) in [5, 5.41) is 18.6. The molecule has 1 aromatic rings. The molecule has 1 saturated heterocycles. The topological polar surface area (TPSA) is 58.9 Å². The van der Waals surface area contributed by atoms with Crippen molar-refractivity contribution in [3.8, 4) is 0 Å². The number of hydrogen-bond acceptors (Lipinski definition) is 4. The van der Waals surface area contributed by atoms with Crippen molar-refractivity contribution in [1.29, 1.82) is 0 Å². The van der Waals surface area contributed by atoms with Gasteiger partial charge in [-0.2, -0.15) is 0 Å². The summed E-state index contributed by atoms with van der Waals surface area (Å²) in [6, 6.07) is 4.21. The third-order valence-corrected chi connectivity index (χ3v) is 3.73. The molecule has 0 amide bonds. The largest absolute Gasteiger partial charge is 0.396 e. The van der Waals surface area contributed by atoms with Crippen LogP contribution in [-0.2, 0) is 9.47 Å². The van der Waals surface area contributed by atoms with Gasteiger partial charge < -0.3 is 19.7 Å². The van der Waals surface area contributed by atoms with Gasteiger partial charge in [0.05, 0.1) is 31.8 Å². The molecule has 1 fully saturated rings. The fraction of sp³-hybridized carbons (Fsp3) is 0.600. The third kappa shape index (κ3) is 2.82. The minimum absolute atomic E-state index is 0.137. The Hall–Kier alpha value is -0.940. The Balaban J connectivity index is 2.18. The van der Waals surface area contributed by atoms with Crippen LogP contribution in [0.5, 0.6) is 0 Å². The van der Waals surface area contributed by atoms with E-state index in [0.717, 1.165) is 16.7 Å². The van der Waals surface area contributed by atoms with Crippen molar-refractivity contribution in [2.24, 2.45) is 5.41 Å². The maximum absolute atomic E-state index is 9.32. The average Bonchev–Trinajstić information content (AvgIpc) is 2.39. The molecule has 4 nitrogen and oxygen atoms in total. The first-order valence-electron chi connectivity index (χ1n) is 6.54. The van der Waals surface area contributed by atoms with E-state index < -0.39 is 11.7 Å². The number of benzene rings is 1. The standard InChI is InChI=1S/C15H22O4/c1-10-4-11(2)13(12(3)5-10)14-18-8-15(6-16,7-17)9-19-14/h4-5,14,16-17H,6-9H2,1-3H3. The van der Waals surface area contributed by atoms with Gasteiger partial charge in [0.2, 0.25) is 0 Å². The zero-order valence-corrected chi connectivity index (χ0v) is 11.8. The Morgan fingerprint density at radius 1 is 1.05 bits per heavy atom. The summed E-state index contributed by atoms with van der Waals surface area (Å²) in [6.45, 7) is 6.48. The Labute approximate surface area is 114 Å². The van der Waals surface area contributed by atoms with Gasteiger partial charge >= 0.3 is 0 Å². The molecule has 1 heterocycles. The highest BCUT2D eigenvalue weighted by molar-refractivity contribution is 5.38. The van der Waals surface area contributed by atoms with Crippen molar-refractivity contribution in [3.63, 3.8) is 0 Å². The Bertz CT molecular complexity index is 418. The summed E-state index contributed by atoms with van der Waals surface area (Å²) in [7, 11) is 0. The molecular weight excluding hydrogens is 244 g/mol. The van der Waals surface area contributed by atoms with Gasteiger partial charge in [0, 0.05) is 5.56 Å². The van der Waals surface area contributed by atoms with Crippen LogP contribution >= 0.6 is 0 Å². The van der Waals surface area contributed by atoms with E-state index in [1.54, 1.807) is 0 Å². The molecule has 0 bridgehead atoms. The van der Waals surface area contributed by atoms with Gasteiger partial charge in [0.25, 0.3) is 0 Å². The summed E-state index contributed by atoms with van der Waals surface area (Å²) in [5.74, 6) is 0. The fourth-order valence-corrected chi connectivity index (χ4v) is 2.56. The highest BCUT2D eigenvalue weighted by Crippen LogP contribution is 2.34. The zero-order chi connectivity index (χ0) is 14.0. The fourth-order valence-electron chi connectivity index (χ4n) is 2.56. The maximum atomic E-state index is 9.32. The number of hydrogen-bond donors (Lipinski definition) is 2. The molecule has 0 radical (unpaired) electrons. The molecule has 2 rings (SSSR count). The van der Waals surface area contributed by atoms with Crippen LogP contribution in [0.3, 0.4) is 0 Å². The average molecular weight is 266 g/mol. The molecule has 0 atom stereocenters. The van der Waals surface area contributed by atoms with Crippen LogP contribution in [-0.4, -0.2) is 36.6 Å². The highest BCUT2D eigenvalue weighted by atomic mass is 16.7. The molecule has 19 heavy (non-hydrogen) atoms. The zero-order valence-electron chi connectivity index (χ0n) is 11.8. The van der Waals surface area contributed by atoms with Crippen LogP contribution in [0.4, 0.5) is 0 Å². The van der Waals surface area contributed by atoms with E-state index in [1.165, 1.54) is 5.56 Å². The van der Waals surface area contributed by atoms with Crippen LogP contribution < -0.4 is 0 Å². The van der Waals surface area contributed by atoms with E-state index in [1.807, 2.05) is 13.8 Å². The van der Waals surface area contributed by atoms with Crippen LogP contribution in [0.2, 0.25) is 0 Å². The molecule has 1 aromatic carbocycles. The molecule has 0 saturated carbocycles. The van der Waals surface area contributed by atoms with Crippen molar-refractivity contribution in [3.05, 3.63) is 34.4 Å². The van der Waals surface area contributed by atoms with Gasteiger partial charge in [-0.05, 0) is 31.9 Å². The van der Waals surface area contributed by atoms with Gasteiger partial charge in [-0.1, -0.05) is 17.7 Å². The van der Waals surface area contributed by atoms with E-state index in [-0.39, 0.29) is 13.2 Å². The number of aliphatic hydroxyl groups excluding tert-OH is 2. The second-order valence-electron chi connectivity index (χ2n) is 5.58. The SMILES string of the molecule is Cc1cc(C)c(C2OCC(CO)(CO)CO2)c(C)c1. The Kier molecular flexibility index (Phi) is 4.26. The third-order valence-electron chi connectivity index (χ3n) is 3.73. The first kappa shape index (κ1) is 14.5. The number of aryl methyl sites for hydroxylation is 3. The van der Waals surface area contributed by atoms with Gasteiger partial charge in [-0.3, -0.25) is 0 Å². The van der Waals surface area contributed by atoms with E-state index >= 15 is 0 Å². The lowest BCUT2D eigenvalue weighted by molar-refractivity contribution is -0.248. The molecule has 2 N–H and O–H groups in total. The van der Waals surface area contributed by atoms with E-state index in [4.69, 9.17) is 9.47 Å². The predicted octanol–water partition coefficient (Wildman–Crippen LogP) is 1.63. The number of ether oxygens (including phenoxy) is 2. The lowest BCUT2D eigenvalue weighted by atomic mass is 9.91. The monoisotopic (exact) mass is 266 g/mol. The summed E-state index contributed by atoms with van der Waals surface area (Å²) in [5.41, 5.74) is 3.87. The first-order chi connectivity index (χ1) is 9.01. The highest BCUT2D eigenvalue weighted by Gasteiger charge is 2.37. The number of rotatable bonds is 3. The van der Waals surface area contributed by atoms with E-state index in [9.17, 15) is 10.2 Å². The van der Waals surface area contributed by atoms with Crippen molar-refractivity contribution in [1.82, 2.24) is 0 Å². The predicted molar refractivity (Wildman–Crippen MR) is 71.9 cm³/mol. The lowest BCUT2D eigenvalue weighted by Crippen LogP contribution is -2.44. The van der Waals surface area contributed by atoms with Crippen molar-refractivity contribution >= 4 is 0 Å². The van der Waals surface area contributed by atoms with E-state index in [2.05, 4.69) is 19.1 Å². The summed E-state index contributed by atoms with van der Waals surface area (Å²) < 4.78 is 11.4. The molecule has 0 aromatic heterocycles. The molecule has 1 aliphatic rings. The molecular formula is C15H22O4. The lowest BCUT2D eigenvalue weighted by Gasteiger charge is -2.38. The van der Waals surface area contributed by atoms with Gasteiger partial charge in [-0.15, -0.1) is 0 Å². The quantitative estimate of drug-likeness (QED) is 0.873. The maximum Gasteiger partial charge on any atom is 0.184 e. The molecule has 0 unspecified atom stereocenters. The normalized spacial score (nSPS) is 19.6. The van der Waals surface area contributed by atoms with Crippen molar-refractivity contribution < 1.29 is 19.7 Å². The Morgan fingerprint density at radius 3 is 1.95 bits per heavy atom. The second-order valence-corrected chi connectivity index (χ2v) is 5.58. The second kappa shape index (κ2) is 5.59. The summed E-state index contributed by atoms with van der Waals surface area (Å²) in [4.78, 5) is 0. The first-order valence-corrected chi connectivity index (χ1v) is 6.54. The Morgan fingerprint density at radius 2 is 1.53 bits per heavy atom. The van der Waals surface area contributed by atoms with E-state index in [0.29, 0.717) is 13.2 Å².